The van der Waals surface area contributed by atoms with Gasteiger partial charge >= 0.3 is 0 Å². The van der Waals surface area contributed by atoms with Crippen molar-refractivity contribution >= 4 is 22.7 Å². The SMILES string of the molecule is NCc1ccnc(CNC(=O)CCn2c(C(N)=O)cc3ccccc32)c1. The molecular weight excluding hydrogens is 330 g/mol. The van der Waals surface area contributed by atoms with Crippen LogP contribution < -0.4 is 16.8 Å². The number of aryl methyl sites for hydroxylation is 1. The Morgan fingerprint density at radius 3 is 2.73 bits per heavy atom. The van der Waals surface area contributed by atoms with E-state index in [1.165, 1.54) is 0 Å². The van der Waals surface area contributed by atoms with Gasteiger partial charge in [0.25, 0.3) is 5.91 Å². The van der Waals surface area contributed by atoms with Gasteiger partial charge in [-0.05, 0) is 29.8 Å². The van der Waals surface area contributed by atoms with E-state index in [0.29, 0.717) is 25.3 Å². The number of hydrogen-bond donors (Lipinski definition) is 3. The number of nitrogens with two attached hydrogens (primary N) is 2. The molecule has 2 amide bonds. The maximum absolute atomic E-state index is 12.2. The number of benzene rings is 1. The van der Waals surface area contributed by atoms with E-state index in [1.54, 1.807) is 16.8 Å². The molecule has 0 aliphatic rings. The third-order valence-corrected chi connectivity index (χ3v) is 4.21. The lowest BCUT2D eigenvalue weighted by Crippen LogP contribution is -2.25. The average molecular weight is 351 g/mol. The van der Waals surface area contributed by atoms with E-state index < -0.39 is 5.91 Å². The maximum Gasteiger partial charge on any atom is 0.265 e. The molecular formula is C19H21N5O2. The van der Waals surface area contributed by atoms with E-state index in [2.05, 4.69) is 10.3 Å². The molecule has 0 aliphatic heterocycles. The molecule has 2 aromatic heterocycles. The van der Waals surface area contributed by atoms with Gasteiger partial charge in [-0.2, -0.15) is 0 Å². The van der Waals surface area contributed by atoms with Gasteiger partial charge in [0.1, 0.15) is 5.69 Å². The van der Waals surface area contributed by atoms with Crippen molar-refractivity contribution in [2.45, 2.75) is 26.1 Å². The minimum atomic E-state index is -0.510. The summed E-state index contributed by atoms with van der Waals surface area (Å²) in [6, 6.07) is 13.1. The summed E-state index contributed by atoms with van der Waals surface area (Å²) < 4.78 is 1.78. The van der Waals surface area contributed by atoms with Crippen molar-refractivity contribution in [2.24, 2.45) is 11.5 Å². The van der Waals surface area contributed by atoms with Crippen LogP contribution in [0.25, 0.3) is 10.9 Å². The van der Waals surface area contributed by atoms with Crippen molar-refractivity contribution in [3.05, 3.63) is 65.6 Å². The largest absolute Gasteiger partial charge is 0.364 e. The Morgan fingerprint density at radius 2 is 1.96 bits per heavy atom. The topological polar surface area (TPSA) is 116 Å². The number of nitrogens with one attached hydrogen (secondary N) is 1. The second-order valence-corrected chi connectivity index (χ2v) is 5.99. The molecule has 5 N–H and O–H groups in total. The monoisotopic (exact) mass is 351 g/mol. The number of para-hydroxylation sites is 1. The molecule has 3 rings (SSSR count). The molecule has 0 saturated carbocycles. The highest BCUT2D eigenvalue weighted by atomic mass is 16.2. The Hall–Kier alpha value is -3.19. The van der Waals surface area contributed by atoms with Crippen LogP contribution in [0, 0.1) is 0 Å². The molecule has 2 heterocycles. The third kappa shape index (κ3) is 3.89. The minimum absolute atomic E-state index is 0.127. The molecule has 0 fully saturated rings. The van der Waals surface area contributed by atoms with Crippen molar-refractivity contribution in [1.29, 1.82) is 0 Å². The highest BCUT2D eigenvalue weighted by Crippen LogP contribution is 2.20. The zero-order valence-corrected chi connectivity index (χ0v) is 14.3. The first-order chi connectivity index (χ1) is 12.6. The number of hydrogen-bond acceptors (Lipinski definition) is 4. The van der Waals surface area contributed by atoms with Crippen LogP contribution in [0.2, 0.25) is 0 Å². The van der Waals surface area contributed by atoms with Crippen molar-refractivity contribution in [3.63, 3.8) is 0 Å². The Bertz CT molecular complexity index is 948. The summed E-state index contributed by atoms with van der Waals surface area (Å²) in [5.41, 5.74) is 14.1. The van der Waals surface area contributed by atoms with E-state index in [9.17, 15) is 9.59 Å². The second-order valence-electron chi connectivity index (χ2n) is 5.99. The highest BCUT2D eigenvalue weighted by molar-refractivity contribution is 5.97. The molecule has 0 spiro atoms. The van der Waals surface area contributed by atoms with Crippen LogP contribution in [0.15, 0.2) is 48.7 Å². The molecule has 3 aromatic rings. The van der Waals surface area contributed by atoms with Crippen molar-refractivity contribution < 1.29 is 9.59 Å². The molecule has 0 unspecified atom stereocenters. The molecule has 134 valence electrons. The minimum Gasteiger partial charge on any atom is -0.364 e. The van der Waals surface area contributed by atoms with Crippen LogP contribution in [-0.2, 0) is 24.4 Å². The van der Waals surface area contributed by atoms with Gasteiger partial charge in [0.05, 0.1) is 12.2 Å². The quantitative estimate of drug-likeness (QED) is 0.595. The Balaban J connectivity index is 1.65. The number of carbonyl (C=O) groups excluding carboxylic acids is 2. The number of fused-ring (bicyclic) bond motifs is 1. The number of pyridine rings is 1. The van der Waals surface area contributed by atoms with Crippen LogP contribution >= 0.6 is 0 Å². The van der Waals surface area contributed by atoms with Gasteiger partial charge in [-0.1, -0.05) is 18.2 Å². The third-order valence-electron chi connectivity index (χ3n) is 4.21. The van der Waals surface area contributed by atoms with E-state index in [0.717, 1.165) is 22.2 Å². The first kappa shape index (κ1) is 17.6. The number of nitrogens with zero attached hydrogens (tertiary/aromatic N) is 2. The fraction of sp³-hybridized carbons (Fsp3) is 0.211. The first-order valence-electron chi connectivity index (χ1n) is 8.37. The molecule has 26 heavy (non-hydrogen) atoms. The number of rotatable bonds is 7. The molecule has 0 aliphatic carbocycles. The molecule has 7 nitrogen and oxygen atoms in total. The molecule has 7 heteroatoms. The van der Waals surface area contributed by atoms with Crippen molar-refractivity contribution in [3.8, 4) is 0 Å². The fourth-order valence-electron chi connectivity index (χ4n) is 2.90. The van der Waals surface area contributed by atoms with E-state index in [-0.39, 0.29) is 12.3 Å². The number of carbonyl (C=O) groups is 2. The van der Waals surface area contributed by atoms with Crippen molar-refractivity contribution in [2.75, 3.05) is 0 Å². The van der Waals surface area contributed by atoms with Crippen molar-refractivity contribution in [1.82, 2.24) is 14.9 Å². The van der Waals surface area contributed by atoms with Gasteiger partial charge < -0.3 is 21.4 Å². The summed E-state index contributed by atoms with van der Waals surface area (Å²) in [5, 5.41) is 3.76. The van der Waals surface area contributed by atoms with Crippen LogP contribution in [0.4, 0.5) is 0 Å². The summed E-state index contributed by atoms with van der Waals surface area (Å²) in [5.74, 6) is -0.637. The summed E-state index contributed by atoms with van der Waals surface area (Å²) in [6.07, 6.45) is 1.91. The molecule has 0 bridgehead atoms. The molecule has 0 radical (unpaired) electrons. The molecule has 0 atom stereocenters. The van der Waals surface area contributed by atoms with E-state index >= 15 is 0 Å². The summed E-state index contributed by atoms with van der Waals surface area (Å²) >= 11 is 0. The zero-order chi connectivity index (χ0) is 18.5. The van der Waals surface area contributed by atoms with E-state index in [4.69, 9.17) is 11.5 Å². The average Bonchev–Trinajstić information content (AvgIpc) is 3.04. The van der Waals surface area contributed by atoms with Gasteiger partial charge in [0.15, 0.2) is 0 Å². The Kier molecular flexibility index (Phi) is 5.28. The van der Waals surface area contributed by atoms with Crippen LogP contribution in [0.5, 0.6) is 0 Å². The summed E-state index contributed by atoms with van der Waals surface area (Å²) in [7, 11) is 0. The zero-order valence-electron chi connectivity index (χ0n) is 14.3. The van der Waals surface area contributed by atoms with E-state index in [1.807, 2.05) is 36.4 Å². The van der Waals surface area contributed by atoms with Gasteiger partial charge in [-0.3, -0.25) is 14.6 Å². The van der Waals surface area contributed by atoms with Gasteiger partial charge in [0, 0.05) is 36.6 Å². The Morgan fingerprint density at radius 1 is 1.15 bits per heavy atom. The summed E-state index contributed by atoms with van der Waals surface area (Å²) in [6.45, 7) is 1.13. The molecule has 1 aromatic carbocycles. The smallest absolute Gasteiger partial charge is 0.265 e. The number of primary amides is 1. The van der Waals surface area contributed by atoms with Crippen LogP contribution in [-0.4, -0.2) is 21.4 Å². The lowest BCUT2D eigenvalue weighted by Gasteiger charge is -2.10. The van der Waals surface area contributed by atoms with Crippen LogP contribution in [0.1, 0.15) is 28.2 Å². The van der Waals surface area contributed by atoms with Crippen LogP contribution in [0.3, 0.4) is 0 Å². The van der Waals surface area contributed by atoms with Gasteiger partial charge in [-0.25, -0.2) is 0 Å². The summed E-state index contributed by atoms with van der Waals surface area (Å²) in [4.78, 5) is 28.1. The number of amides is 2. The first-order valence-corrected chi connectivity index (χ1v) is 8.37. The second kappa shape index (κ2) is 7.79. The lowest BCUT2D eigenvalue weighted by atomic mass is 10.2. The normalized spacial score (nSPS) is 10.8. The fourth-order valence-corrected chi connectivity index (χ4v) is 2.90. The Labute approximate surface area is 151 Å². The molecule has 0 saturated heterocycles. The standard InChI is InChI=1S/C19H21N5O2/c20-11-13-5-7-22-15(9-13)12-23-18(25)6-8-24-16-4-2-1-3-14(16)10-17(24)19(21)26/h1-5,7,9-10H,6,8,11-12,20H2,(H2,21,26)(H,23,25). The maximum atomic E-state index is 12.2. The predicted molar refractivity (Wildman–Crippen MR) is 99.0 cm³/mol. The highest BCUT2D eigenvalue weighted by Gasteiger charge is 2.14. The predicted octanol–water partition coefficient (Wildman–Crippen LogP) is 1.30. The van der Waals surface area contributed by atoms with Gasteiger partial charge in [0.2, 0.25) is 5.91 Å². The van der Waals surface area contributed by atoms with Gasteiger partial charge in [-0.15, -0.1) is 0 Å². The lowest BCUT2D eigenvalue weighted by molar-refractivity contribution is -0.121. The number of aromatic nitrogens is 2.